The van der Waals surface area contributed by atoms with E-state index in [1.807, 2.05) is 19.1 Å². The number of rotatable bonds is 4. The van der Waals surface area contributed by atoms with Gasteiger partial charge in [0.2, 0.25) is 10.0 Å². The van der Waals surface area contributed by atoms with Crippen molar-refractivity contribution in [2.45, 2.75) is 18.4 Å². The van der Waals surface area contributed by atoms with Gasteiger partial charge < -0.3 is 0 Å². The van der Waals surface area contributed by atoms with Crippen LogP contribution >= 0.6 is 34.8 Å². The summed E-state index contributed by atoms with van der Waals surface area (Å²) in [7, 11) is -3.68. The van der Waals surface area contributed by atoms with Crippen LogP contribution in [0.1, 0.15) is 11.1 Å². The Morgan fingerprint density at radius 3 is 2.33 bits per heavy atom. The molecular weight excluding hydrogens is 353 g/mol. The van der Waals surface area contributed by atoms with Crippen LogP contribution in [0.4, 0.5) is 0 Å². The number of nitrogens with one attached hydrogen (secondary N) is 1. The molecule has 21 heavy (non-hydrogen) atoms. The standard InChI is InChI=1S/C14H12Cl3NO2S/c1-9-3-2-4-12(15)11(9)8-18-21(19,20)10-5-6-13(16)14(17)7-10/h2-7,18H,8H2,1H3. The van der Waals surface area contributed by atoms with E-state index in [1.54, 1.807) is 6.07 Å². The monoisotopic (exact) mass is 363 g/mol. The minimum Gasteiger partial charge on any atom is -0.207 e. The Labute approximate surface area is 138 Å². The van der Waals surface area contributed by atoms with Gasteiger partial charge in [0.15, 0.2) is 0 Å². The molecule has 0 radical (unpaired) electrons. The molecule has 0 aromatic heterocycles. The first kappa shape index (κ1) is 16.6. The molecule has 1 N–H and O–H groups in total. The second kappa shape index (κ2) is 6.55. The summed E-state index contributed by atoms with van der Waals surface area (Å²) >= 11 is 17.7. The summed E-state index contributed by atoms with van der Waals surface area (Å²) in [6, 6.07) is 9.56. The van der Waals surface area contributed by atoms with Gasteiger partial charge in [0.1, 0.15) is 0 Å². The summed E-state index contributed by atoms with van der Waals surface area (Å²) in [5.41, 5.74) is 1.65. The molecule has 0 atom stereocenters. The zero-order chi connectivity index (χ0) is 15.6. The summed E-state index contributed by atoms with van der Waals surface area (Å²) in [6.45, 7) is 1.97. The Morgan fingerprint density at radius 1 is 1.00 bits per heavy atom. The fourth-order valence-corrected chi connectivity index (χ4v) is 3.46. The molecule has 0 saturated heterocycles. The van der Waals surface area contributed by atoms with E-state index >= 15 is 0 Å². The molecule has 0 unspecified atom stereocenters. The predicted molar refractivity (Wildman–Crippen MR) is 86.7 cm³/mol. The van der Waals surface area contributed by atoms with Gasteiger partial charge in [-0.15, -0.1) is 0 Å². The lowest BCUT2D eigenvalue weighted by atomic mass is 10.1. The molecule has 0 aliphatic rings. The third-order valence-electron chi connectivity index (χ3n) is 2.99. The van der Waals surface area contributed by atoms with E-state index in [-0.39, 0.29) is 16.5 Å². The number of hydrogen-bond acceptors (Lipinski definition) is 2. The number of benzene rings is 2. The van der Waals surface area contributed by atoms with Crippen molar-refractivity contribution in [1.82, 2.24) is 4.72 Å². The average Bonchev–Trinajstić information content (AvgIpc) is 2.41. The van der Waals surface area contributed by atoms with Crippen LogP contribution in [0.5, 0.6) is 0 Å². The number of aryl methyl sites for hydroxylation is 1. The van der Waals surface area contributed by atoms with Gasteiger partial charge in [0, 0.05) is 11.6 Å². The maximum Gasteiger partial charge on any atom is 0.240 e. The molecule has 0 heterocycles. The highest BCUT2D eigenvalue weighted by molar-refractivity contribution is 7.89. The summed E-state index contributed by atoms with van der Waals surface area (Å²) in [5, 5.41) is 1.01. The van der Waals surface area contributed by atoms with Crippen molar-refractivity contribution in [3.8, 4) is 0 Å². The molecule has 0 bridgehead atoms. The molecule has 0 aliphatic carbocycles. The predicted octanol–water partition coefficient (Wildman–Crippen LogP) is 4.43. The van der Waals surface area contributed by atoms with Gasteiger partial charge in [0.05, 0.1) is 14.9 Å². The number of hydrogen-bond donors (Lipinski definition) is 1. The van der Waals surface area contributed by atoms with Crippen LogP contribution in [0.15, 0.2) is 41.3 Å². The van der Waals surface area contributed by atoms with Crippen LogP contribution in [0, 0.1) is 6.92 Å². The second-order valence-corrected chi connectivity index (χ2v) is 7.42. The van der Waals surface area contributed by atoms with Gasteiger partial charge in [-0.3, -0.25) is 0 Å². The van der Waals surface area contributed by atoms with E-state index in [4.69, 9.17) is 34.8 Å². The lowest BCUT2D eigenvalue weighted by Gasteiger charge is -2.11. The van der Waals surface area contributed by atoms with Crippen molar-refractivity contribution in [2.75, 3.05) is 0 Å². The molecule has 2 rings (SSSR count). The number of halogens is 3. The summed E-state index contributed by atoms with van der Waals surface area (Å²) < 4.78 is 27.0. The van der Waals surface area contributed by atoms with Gasteiger partial charge in [-0.1, -0.05) is 46.9 Å². The largest absolute Gasteiger partial charge is 0.240 e. The first-order valence-corrected chi connectivity index (χ1v) is 8.61. The molecule has 2 aromatic rings. The van der Waals surface area contributed by atoms with Crippen LogP contribution in [0.2, 0.25) is 15.1 Å². The van der Waals surface area contributed by atoms with Gasteiger partial charge in [-0.25, -0.2) is 13.1 Å². The highest BCUT2D eigenvalue weighted by Crippen LogP contribution is 2.25. The quantitative estimate of drug-likeness (QED) is 0.872. The van der Waals surface area contributed by atoms with Gasteiger partial charge in [-0.05, 0) is 42.3 Å². The van der Waals surface area contributed by atoms with Crippen molar-refractivity contribution in [3.63, 3.8) is 0 Å². The second-order valence-electron chi connectivity index (χ2n) is 4.44. The number of sulfonamides is 1. The zero-order valence-electron chi connectivity index (χ0n) is 11.0. The SMILES string of the molecule is Cc1cccc(Cl)c1CNS(=O)(=O)c1ccc(Cl)c(Cl)c1. The Kier molecular flexibility index (Phi) is 5.17. The van der Waals surface area contributed by atoms with Crippen LogP contribution in [-0.4, -0.2) is 8.42 Å². The van der Waals surface area contributed by atoms with Crippen molar-refractivity contribution in [1.29, 1.82) is 0 Å². The van der Waals surface area contributed by atoms with E-state index in [9.17, 15) is 8.42 Å². The van der Waals surface area contributed by atoms with E-state index in [2.05, 4.69) is 4.72 Å². The maximum absolute atomic E-state index is 12.2. The third kappa shape index (κ3) is 3.90. The van der Waals surface area contributed by atoms with Gasteiger partial charge in [-0.2, -0.15) is 0 Å². The van der Waals surface area contributed by atoms with E-state index in [0.717, 1.165) is 11.1 Å². The average molecular weight is 365 g/mol. The minimum atomic E-state index is -3.68. The Bertz CT molecular complexity index is 756. The van der Waals surface area contributed by atoms with Crippen LogP contribution in [0.3, 0.4) is 0 Å². The van der Waals surface area contributed by atoms with Gasteiger partial charge in [0.25, 0.3) is 0 Å². The Balaban J connectivity index is 2.24. The molecule has 0 fully saturated rings. The fourth-order valence-electron chi connectivity index (χ4n) is 1.78. The minimum absolute atomic E-state index is 0.0570. The van der Waals surface area contributed by atoms with Crippen LogP contribution in [-0.2, 0) is 16.6 Å². The summed E-state index contributed by atoms with van der Waals surface area (Å²) in [6.07, 6.45) is 0. The lowest BCUT2D eigenvalue weighted by molar-refractivity contribution is 0.581. The normalized spacial score (nSPS) is 11.6. The molecule has 7 heteroatoms. The molecule has 0 aliphatic heterocycles. The molecule has 0 amide bonds. The molecular formula is C14H12Cl3NO2S. The molecule has 3 nitrogen and oxygen atoms in total. The van der Waals surface area contributed by atoms with Crippen LogP contribution in [0.25, 0.3) is 0 Å². The zero-order valence-corrected chi connectivity index (χ0v) is 14.1. The van der Waals surface area contributed by atoms with Crippen LogP contribution < -0.4 is 4.72 Å². The van der Waals surface area contributed by atoms with E-state index in [0.29, 0.717) is 10.0 Å². The first-order valence-electron chi connectivity index (χ1n) is 6.00. The fraction of sp³-hybridized carbons (Fsp3) is 0.143. The summed E-state index contributed by atoms with van der Waals surface area (Å²) in [4.78, 5) is 0.0570. The van der Waals surface area contributed by atoms with Crippen molar-refractivity contribution in [3.05, 3.63) is 62.6 Å². The Hall–Kier alpha value is -0.780. The highest BCUT2D eigenvalue weighted by Gasteiger charge is 2.16. The molecule has 0 spiro atoms. The summed E-state index contributed by atoms with van der Waals surface area (Å²) in [5.74, 6) is 0. The highest BCUT2D eigenvalue weighted by atomic mass is 35.5. The first-order chi connectivity index (χ1) is 9.81. The van der Waals surface area contributed by atoms with Crippen molar-refractivity contribution < 1.29 is 8.42 Å². The van der Waals surface area contributed by atoms with Crippen molar-refractivity contribution >= 4 is 44.8 Å². The van der Waals surface area contributed by atoms with Crippen molar-refractivity contribution in [2.24, 2.45) is 0 Å². The van der Waals surface area contributed by atoms with E-state index in [1.165, 1.54) is 18.2 Å². The molecule has 112 valence electrons. The Morgan fingerprint density at radius 2 is 1.71 bits per heavy atom. The van der Waals surface area contributed by atoms with Gasteiger partial charge >= 0.3 is 0 Å². The molecule has 0 saturated carbocycles. The smallest absolute Gasteiger partial charge is 0.207 e. The maximum atomic E-state index is 12.2. The van der Waals surface area contributed by atoms with E-state index < -0.39 is 10.0 Å². The third-order valence-corrected chi connectivity index (χ3v) is 5.49. The molecule has 2 aromatic carbocycles. The topological polar surface area (TPSA) is 46.2 Å². The lowest BCUT2D eigenvalue weighted by Crippen LogP contribution is -2.23.